The summed E-state index contributed by atoms with van der Waals surface area (Å²) in [6, 6.07) is 10.3. The summed E-state index contributed by atoms with van der Waals surface area (Å²) >= 11 is 1.27. The van der Waals surface area contributed by atoms with Gasteiger partial charge < -0.3 is 0 Å². The average molecular weight is 357 g/mol. The zero-order chi connectivity index (χ0) is 16.7. The Bertz CT molecular complexity index is 931. The molecule has 1 unspecified atom stereocenters. The summed E-state index contributed by atoms with van der Waals surface area (Å²) in [5, 5.41) is 0. The third-order valence-corrected chi connectivity index (χ3v) is 6.34. The first-order valence-electron chi connectivity index (χ1n) is 7.20. The highest BCUT2D eigenvalue weighted by molar-refractivity contribution is 7.87. The van der Waals surface area contributed by atoms with Crippen molar-refractivity contribution in [2.24, 2.45) is 0 Å². The monoisotopic (exact) mass is 357 g/mol. The van der Waals surface area contributed by atoms with Crippen LogP contribution in [0.25, 0.3) is 10.3 Å². The van der Waals surface area contributed by atoms with Crippen LogP contribution in [-0.4, -0.2) is 43.2 Å². The van der Waals surface area contributed by atoms with Gasteiger partial charge in [0.05, 0.1) is 21.9 Å². The van der Waals surface area contributed by atoms with Crippen molar-refractivity contribution in [2.75, 3.05) is 12.3 Å². The minimum atomic E-state index is -1.39. The Labute approximate surface area is 143 Å². The molecule has 1 atom stereocenters. The number of thiazole rings is 1. The highest BCUT2D eigenvalue weighted by Crippen LogP contribution is 2.24. The number of carbonyl (C=O) groups is 2. The van der Waals surface area contributed by atoms with Gasteiger partial charge in [0.15, 0.2) is 4.34 Å². The van der Waals surface area contributed by atoms with E-state index in [1.807, 2.05) is 6.07 Å². The van der Waals surface area contributed by atoms with Crippen LogP contribution in [-0.2, 0) is 10.8 Å². The quantitative estimate of drug-likeness (QED) is 0.668. The fourth-order valence-corrected chi connectivity index (χ4v) is 4.77. The third-order valence-electron chi connectivity index (χ3n) is 3.72. The van der Waals surface area contributed by atoms with Crippen molar-refractivity contribution in [1.82, 2.24) is 14.9 Å². The molecule has 2 aromatic heterocycles. The molecule has 8 heteroatoms. The van der Waals surface area contributed by atoms with Crippen molar-refractivity contribution < 1.29 is 13.8 Å². The molecule has 120 valence electrons. The van der Waals surface area contributed by atoms with Crippen molar-refractivity contribution >= 4 is 44.3 Å². The first-order valence-corrected chi connectivity index (χ1v) is 9.34. The predicted octanol–water partition coefficient (Wildman–Crippen LogP) is 2.10. The molecule has 1 aliphatic heterocycles. The number of amides is 2. The topological polar surface area (TPSA) is 80.2 Å². The molecular formula is C16H11N3O3S2. The van der Waals surface area contributed by atoms with Crippen LogP contribution < -0.4 is 0 Å². The maximum absolute atomic E-state index is 12.4. The van der Waals surface area contributed by atoms with E-state index in [-0.39, 0.29) is 24.1 Å². The molecule has 0 saturated heterocycles. The number of aromatic nitrogens is 2. The van der Waals surface area contributed by atoms with Crippen molar-refractivity contribution in [3.05, 3.63) is 53.7 Å². The van der Waals surface area contributed by atoms with E-state index in [4.69, 9.17) is 0 Å². The first-order chi connectivity index (χ1) is 11.6. The predicted molar refractivity (Wildman–Crippen MR) is 90.5 cm³/mol. The van der Waals surface area contributed by atoms with E-state index in [1.54, 1.807) is 36.5 Å². The van der Waals surface area contributed by atoms with Crippen LogP contribution in [0.5, 0.6) is 0 Å². The van der Waals surface area contributed by atoms with E-state index in [0.29, 0.717) is 21.0 Å². The lowest BCUT2D eigenvalue weighted by Crippen LogP contribution is -2.33. The smallest absolute Gasteiger partial charge is 0.261 e. The van der Waals surface area contributed by atoms with Gasteiger partial charge in [0.25, 0.3) is 11.8 Å². The minimum Gasteiger partial charge on any atom is -0.273 e. The van der Waals surface area contributed by atoms with Crippen LogP contribution >= 0.6 is 11.3 Å². The number of hydrogen-bond donors (Lipinski definition) is 0. The van der Waals surface area contributed by atoms with Crippen molar-refractivity contribution in [2.45, 2.75) is 4.34 Å². The highest BCUT2D eigenvalue weighted by atomic mass is 32.2. The van der Waals surface area contributed by atoms with Crippen LogP contribution in [0.3, 0.4) is 0 Å². The van der Waals surface area contributed by atoms with Gasteiger partial charge in [-0.15, -0.1) is 0 Å². The van der Waals surface area contributed by atoms with Gasteiger partial charge in [-0.2, -0.15) is 0 Å². The van der Waals surface area contributed by atoms with E-state index in [0.717, 1.165) is 9.73 Å². The van der Waals surface area contributed by atoms with E-state index >= 15 is 0 Å². The second-order valence-corrected chi connectivity index (χ2v) is 7.89. The first kappa shape index (κ1) is 15.1. The van der Waals surface area contributed by atoms with Gasteiger partial charge in [-0.25, -0.2) is 9.97 Å². The van der Waals surface area contributed by atoms with Gasteiger partial charge in [-0.1, -0.05) is 23.5 Å². The molecule has 2 amide bonds. The molecule has 3 heterocycles. The molecule has 3 aromatic rings. The highest BCUT2D eigenvalue weighted by Gasteiger charge is 2.35. The van der Waals surface area contributed by atoms with Gasteiger partial charge in [-0.3, -0.25) is 18.7 Å². The number of carbonyl (C=O) groups excluding carboxylic acids is 2. The molecule has 0 aliphatic carbocycles. The molecule has 0 spiro atoms. The van der Waals surface area contributed by atoms with E-state index in [1.165, 1.54) is 11.3 Å². The molecule has 6 nitrogen and oxygen atoms in total. The number of imide groups is 1. The summed E-state index contributed by atoms with van der Waals surface area (Å²) in [6.07, 6.45) is 1.66. The average Bonchev–Trinajstić information content (AvgIpc) is 3.14. The molecule has 0 N–H and O–H groups in total. The minimum absolute atomic E-state index is 0.0995. The molecule has 4 rings (SSSR count). The zero-order valence-corrected chi connectivity index (χ0v) is 14.0. The summed E-state index contributed by atoms with van der Waals surface area (Å²) in [5.41, 5.74) is 1.50. The standard InChI is InChI=1S/C16H11N3O3S2/c20-14-10-4-1-2-5-11(10)15(21)19(14)8-9-24(22)16-18-12-6-3-7-17-13(12)23-16/h1-7H,8-9H2. The second kappa shape index (κ2) is 5.88. The van der Waals surface area contributed by atoms with Crippen LogP contribution in [0, 0.1) is 0 Å². The van der Waals surface area contributed by atoms with Crippen molar-refractivity contribution in [1.29, 1.82) is 0 Å². The summed E-state index contributed by atoms with van der Waals surface area (Å²) in [6.45, 7) is 0.0995. The van der Waals surface area contributed by atoms with Crippen LogP contribution in [0.1, 0.15) is 20.7 Å². The lowest BCUT2D eigenvalue weighted by Gasteiger charge is -2.12. The Morgan fingerprint density at radius 2 is 1.75 bits per heavy atom. The maximum atomic E-state index is 12.4. The fraction of sp³-hybridized carbons (Fsp3) is 0.125. The van der Waals surface area contributed by atoms with Gasteiger partial charge in [0.1, 0.15) is 10.3 Å². The van der Waals surface area contributed by atoms with Crippen LogP contribution in [0.4, 0.5) is 0 Å². The number of hydrogen-bond acceptors (Lipinski definition) is 6. The number of pyridine rings is 1. The Kier molecular flexibility index (Phi) is 3.70. The Morgan fingerprint density at radius 1 is 1.04 bits per heavy atom. The molecule has 0 fully saturated rings. The summed E-state index contributed by atoms with van der Waals surface area (Å²) in [5.74, 6) is -0.511. The van der Waals surface area contributed by atoms with Gasteiger partial charge in [0.2, 0.25) is 0 Å². The molecule has 0 saturated carbocycles. The zero-order valence-electron chi connectivity index (χ0n) is 12.3. The Morgan fingerprint density at radius 3 is 2.42 bits per heavy atom. The maximum Gasteiger partial charge on any atom is 0.261 e. The molecule has 24 heavy (non-hydrogen) atoms. The summed E-state index contributed by atoms with van der Waals surface area (Å²) in [7, 11) is -1.39. The lowest BCUT2D eigenvalue weighted by molar-refractivity contribution is 0.0664. The SMILES string of the molecule is O=C1c2ccccc2C(=O)N1CCS(=O)c1nc2cccnc2s1. The Balaban J connectivity index is 1.50. The van der Waals surface area contributed by atoms with Crippen LogP contribution in [0.15, 0.2) is 46.9 Å². The summed E-state index contributed by atoms with van der Waals surface area (Å²) < 4.78 is 12.9. The molecule has 0 radical (unpaired) electrons. The Hall–Kier alpha value is -2.45. The molecule has 1 aliphatic rings. The molecular weight excluding hydrogens is 346 g/mol. The number of benzene rings is 1. The lowest BCUT2D eigenvalue weighted by atomic mass is 10.1. The van der Waals surface area contributed by atoms with E-state index in [2.05, 4.69) is 9.97 Å². The van der Waals surface area contributed by atoms with Gasteiger partial charge in [0, 0.05) is 18.5 Å². The summed E-state index contributed by atoms with van der Waals surface area (Å²) in [4.78, 5) is 34.9. The number of fused-ring (bicyclic) bond motifs is 2. The van der Waals surface area contributed by atoms with E-state index in [9.17, 15) is 13.8 Å². The van der Waals surface area contributed by atoms with E-state index < -0.39 is 10.8 Å². The largest absolute Gasteiger partial charge is 0.273 e. The molecule has 1 aromatic carbocycles. The fourth-order valence-electron chi connectivity index (χ4n) is 2.55. The normalized spacial score (nSPS) is 15.1. The van der Waals surface area contributed by atoms with Crippen molar-refractivity contribution in [3.8, 4) is 0 Å². The number of rotatable bonds is 4. The molecule has 0 bridgehead atoms. The van der Waals surface area contributed by atoms with Gasteiger partial charge >= 0.3 is 0 Å². The third kappa shape index (κ3) is 2.44. The number of nitrogens with zero attached hydrogens (tertiary/aromatic N) is 3. The van der Waals surface area contributed by atoms with Crippen LogP contribution in [0.2, 0.25) is 0 Å². The second-order valence-electron chi connectivity index (χ2n) is 5.16. The van der Waals surface area contributed by atoms with Crippen molar-refractivity contribution in [3.63, 3.8) is 0 Å². The van der Waals surface area contributed by atoms with Gasteiger partial charge in [-0.05, 0) is 24.3 Å².